The van der Waals surface area contributed by atoms with Gasteiger partial charge in [-0.25, -0.2) is 0 Å². The highest BCUT2D eigenvalue weighted by molar-refractivity contribution is 8.05. The summed E-state index contributed by atoms with van der Waals surface area (Å²) in [5, 5.41) is 3.09. The lowest BCUT2D eigenvalue weighted by atomic mass is 10.8. The summed E-state index contributed by atoms with van der Waals surface area (Å²) in [6, 6.07) is 0. The maximum absolute atomic E-state index is 10.4. The van der Waals surface area contributed by atoms with E-state index in [0.717, 1.165) is 0 Å². The van der Waals surface area contributed by atoms with Gasteiger partial charge in [0.25, 0.3) is 0 Å². The fourth-order valence-corrected chi connectivity index (χ4v) is 0.941. The van der Waals surface area contributed by atoms with Crippen molar-refractivity contribution in [3.63, 3.8) is 0 Å². The molecule has 0 radical (unpaired) electrons. The van der Waals surface area contributed by atoms with Gasteiger partial charge in [0.15, 0.2) is 0 Å². The van der Waals surface area contributed by atoms with Gasteiger partial charge in [-0.2, -0.15) is 0 Å². The molecule has 0 aliphatic rings. The molecular weight excluding hydrogens is 200 g/mol. The first-order valence-electron chi connectivity index (χ1n) is 2.21. The van der Waals surface area contributed by atoms with E-state index in [1.807, 2.05) is 0 Å². The normalized spacial score (nSPS) is 10.6. The highest BCUT2D eigenvalue weighted by Crippen LogP contribution is 2.57. The third-order valence-electron chi connectivity index (χ3n) is 0.496. The van der Waals surface area contributed by atoms with Crippen LogP contribution in [0.2, 0.25) is 0 Å². The van der Waals surface area contributed by atoms with E-state index < -0.39 is 6.07 Å². The van der Waals surface area contributed by atoms with E-state index >= 15 is 0 Å². The lowest BCUT2D eigenvalue weighted by molar-refractivity contribution is 0.344. The molecular formula is C2H4Cl2N3O2P. The average molecular weight is 204 g/mol. The Morgan fingerprint density at radius 1 is 1.70 bits per heavy atom. The van der Waals surface area contributed by atoms with Crippen LogP contribution in [0.4, 0.5) is 0 Å². The molecule has 0 rings (SSSR count). The van der Waals surface area contributed by atoms with Crippen molar-refractivity contribution >= 4 is 28.6 Å². The molecule has 5 nitrogen and oxygen atoms in total. The van der Waals surface area contributed by atoms with Crippen LogP contribution in [0.3, 0.4) is 0 Å². The van der Waals surface area contributed by atoms with Crippen molar-refractivity contribution in [2.24, 2.45) is 5.11 Å². The van der Waals surface area contributed by atoms with Crippen molar-refractivity contribution in [3.8, 4) is 0 Å². The first-order chi connectivity index (χ1) is 4.56. The molecule has 0 spiro atoms. The Morgan fingerprint density at radius 3 is 2.70 bits per heavy atom. The summed E-state index contributed by atoms with van der Waals surface area (Å²) in [6.45, 7) is 0.0360. The van der Waals surface area contributed by atoms with Crippen molar-refractivity contribution < 1.29 is 9.09 Å². The fraction of sp³-hybridized carbons (Fsp3) is 1.00. The number of rotatable bonds is 4. The number of hydrogen-bond donors (Lipinski definition) is 0. The smallest absolute Gasteiger partial charge is 0.306 e. The van der Waals surface area contributed by atoms with Crippen molar-refractivity contribution in [1.82, 2.24) is 0 Å². The standard InChI is InChI=1S/C2H4Cl2N3O2P/c3-10(4,8)9-2-1-6-7-5/h1-2H2. The largest absolute Gasteiger partial charge is 0.380 e. The molecule has 0 unspecified atom stereocenters. The second-order valence-corrected chi connectivity index (χ2v) is 5.48. The van der Waals surface area contributed by atoms with E-state index in [4.69, 9.17) is 28.0 Å². The van der Waals surface area contributed by atoms with Gasteiger partial charge in [0.2, 0.25) is 0 Å². The van der Waals surface area contributed by atoms with Crippen LogP contribution in [0.25, 0.3) is 10.4 Å². The van der Waals surface area contributed by atoms with Crippen molar-refractivity contribution in [2.45, 2.75) is 0 Å². The van der Waals surface area contributed by atoms with E-state index in [0.29, 0.717) is 0 Å². The maximum Gasteiger partial charge on any atom is 0.380 e. The van der Waals surface area contributed by atoms with E-state index in [2.05, 4.69) is 14.5 Å². The summed E-state index contributed by atoms with van der Waals surface area (Å²) in [4.78, 5) is 2.42. The molecule has 0 amide bonds. The predicted octanol–water partition coefficient (Wildman–Crippen LogP) is 2.90. The number of azide groups is 1. The van der Waals surface area contributed by atoms with Crippen LogP contribution in [0.15, 0.2) is 5.11 Å². The van der Waals surface area contributed by atoms with Crippen molar-refractivity contribution in [2.75, 3.05) is 13.2 Å². The lowest BCUT2D eigenvalue weighted by Gasteiger charge is -1.99. The number of nitrogens with zero attached hydrogens (tertiary/aromatic N) is 3. The van der Waals surface area contributed by atoms with Gasteiger partial charge in [-0.15, -0.1) is 0 Å². The van der Waals surface area contributed by atoms with Crippen molar-refractivity contribution in [3.05, 3.63) is 10.4 Å². The van der Waals surface area contributed by atoms with E-state index in [1.54, 1.807) is 0 Å². The molecule has 0 saturated carbocycles. The Balaban J connectivity index is 3.38. The molecule has 0 saturated heterocycles. The minimum Gasteiger partial charge on any atom is -0.306 e. The molecule has 0 N–H and O–H groups in total. The van der Waals surface area contributed by atoms with Crippen LogP contribution in [-0.4, -0.2) is 13.2 Å². The molecule has 58 valence electrons. The highest BCUT2D eigenvalue weighted by Gasteiger charge is 2.12. The number of halogens is 2. The highest BCUT2D eigenvalue weighted by atomic mass is 35.9. The summed E-state index contributed by atoms with van der Waals surface area (Å²) in [6.07, 6.45) is -3.44. The molecule has 0 bridgehead atoms. The second kappa shape index (κ2) is 4.83. The van der Waals surface area contributed by atoms with Gasteiger partial charge in [0.05, 0.1) is 6.61 Å². The molecule has 10 heavy (non-hydrogen) atoms. The van der Waals surface area contributed by atoms with Crippen molar-refractivity contribution in [1.29, 1.82) is 0 Å². The van der Waals surface area contributed by atoms with Crippen LogP contribution in [0, 0.1) is 0 Å². The molecule has 0 aliphatic heterocycles. The summed E-state index contributed by atoms with van der Waals surface area (Å²) < 4.78 is 14.7. The Morgan fingerprint density at radius 2 is 2.30 bits per heavy atom. The molecule has 0 heterocycles. The van der Waals surface area contributed by atoms with Crippen LogP contribution < -0.4 is 0 Å². The van der Waals surface area contributed by atoms with Crippen LogP contribution >= 0.6 is 28.6 Å². The Hall–Kier alpha value is 0.0800. The molecule has 0 aromatic rings. The summed E-state index contributed by atoms with van der Waals surface area (Å²) >= 11 is 9.95. The first kappa shape index (κ1) is 10.1. The fourth-order valence-electron chi connectivity index (χ4n) is 0.233. The average Bonchev–Trinajstić information content (AvgIpc) is 1.78. The van der Waals surface area contributed by atoms with E-state index in [9.17, 15) is 4.57 Å². The zero-order valence-corrected chi connectivity index (χ0v) is 7.18. The Bertz CT molecular complexity index is 185. The molecule has 0 aliphatic carbocycles. The molecule has 0 aromatic heterocycles. The summed E-state index contributed by atoms with van der Waals surface area (Å²) in [5.41, 5.74) is 7.76. The quantitative estimate of drug-likeness (QED) is 0.232. The van der Waals surface area contributed by atoms with Gasteiger partial charge in [-0.3, -0.25) is 4.57 Å². The third-order valence-corrected chi connectivity index (χ3v) is 1.56. The number of hydrogen-bond acceptors (Lipinski definition) is 3. The van der Waals surface area contributed by atoms with Gasteiger partial charge in [-0.05, 0) is 28.0 Å². The van der Waals surface area contributed by atoms with Gasteiger partial charge >= 0.3 is 6.07 Å². The van der Waals surface area contributed by atoms with Gasteiger partial charge in [0.1, 0.15) is 0 Å². The summed E-state index contributed by atoms with van der Waals surface area (Å²) in [5.74, 6) is 0. The maximum atomic E-state index is 10.4. The third kappa shape index (κ3) is 8.08. The monoisotopic (exact) mass is 203 g/mol. The van der Waals surface area contributed by atoms with E-state index in [-0.39, 0.29) is 13.2 Å². The van der Waals surface area contributed by atoms with Gasteiger partial charge < -0.3 is 4.52 Å². The topological polar surface area (TPSA) is 75.1 Å². The van der Waals surface area contributed by atoms with Gasteiger partial charge in [0, 0.05) is 11.5 Å². The van der Waals surface area contributed by atoms with Gasteiger partial charge in [-0.1, -0.05) is 5.11 Å². The Kier molecular flexibility index (Phi) is 4.87. The molecule has 0 fully saturated rings. The molecule has 0 atom stereocenters. The summed E-state index contributed by atoms with van der Waals surface area (Å²) in [7, 11) is 0. The minimum absolute atomic E-state index is 0.0334. The SMILES string of the molecule is [N-]=[N+]=NCCOP(=O)(Cl)Cl. The minimum atomic E-state index is -3.44. The molecule has 0 aromatic carbocycles. The van der Waals surface area contributed by atoms with Crippen LogP contribution in [0.5, 0.6) is 0 Å². The van der Waals surface area contributed by atoms with Crippen LogP contribution in [0.1, 0.15) is 0 Å². The first-order valence-corrected chi connectivity index (χ1v) is 5.64. The zero-order valence-electron chi connectivity index (χ0n) is 4.78. The second-order valence-electron chi connectivity index (χ2n) is 1.20. The Labute approximate surface area is 66.9 Å². The van der Waals surface area contributed by atoms with Crippen LogP contribution in [-0.2, 0) is 9.09 Å². The van der Waals surface area contributed by atoms with E-state index in [1.165, 1.54) is 0 Å². The molecule has 8 heteroatoms. The lowest BCUT2D eigenvalue weighted by Crippen LogP contribution is -1.89. The zero-order chi connectivity index (χ0) is 8.04. The predicted molar refractivity (Wildman–Crippen MR) is 39.3 cm³/mol.